The summed E-state index contributed by atoms with van der Waals surface area (Å²) in [5, 5.41) is 9.05. The minimum atomic E-state index is -1.03. The van der Waals surface area contributed by atoms with Gasteiger partial charge in [-0.1, -0.05) is 6.07 Å². The van der Waals surface area contributed by atoms with Crippen LogP contribution in [0.4, 0.5) is 0 Å². The van der Waals surface area contributed by atoms with Crippen molar-refractivity contribution in [3.8, 4) is 11.5 Å². The Balaban J connectivity index is 1.61. The lowest BCUT2D eigenvalue weighted by Crippen LogP contribution is -2.50. The Kier molecular flexibility index (Phi) is 5.11. The predicted molar refractivity (Wildman–Crippen MR) is 96.0 cm³/mol. The van der Waals surface area contributed by atoms with E-state index in [9.17, 15) is 9.59 Å². The van der Waals surface area contributed by atoms with Crippen molar-refractivity contribution in [3.63, 3.8) is 0 Å². The van der Waals surface area contributed by atoms with E-state index in [0.29, 0.717) is 24.6 Å². The maximum absolute atomic E-state index is 12.5. The summed E-state index contributed by atoms with van der Waals surface area (Å²) >= 11 is 0. The predicted octanol–water partition coefficient (Wildman–Crippen LogP) is 2.72. The second-order valence-corrected chi connectivity index (χ2v) is 6.39. The van der Waals surface area contributed by atoms with Crippen LogP contribution in [0, 0.1) is 5.92 Å². The Morgan fingerprint density at radius 1 is 1.04 bits per heavy atom. The number of benzene rings is 2. The third-order valence-corrected chi connectivity index (χ3v) is 4.54. The van der Waals surface area contributed by atoms with Gasteiger partial charge in [-0.25, -0.2) is 4.79 Å². The molecule has 1 fully saturated rings. The third kappa shape index (κ3) is 3.79. The highest BCUT2D eigenvalue weighted by atomic mass is 16.5. The molecular formula is C20H21NO5. The summed E-state index contributed by atoms with van der Waals surface area (Å²) in [6, 6.07) is 11.9. The van der Waals surface area contributed by atoms with Crippen LogP contribution in [0.15, 0.2) is 42.5 Å². The van der Waals surface area contributed by atoms with Crippen LogP contribution in [0.2, 0.25) is 0 Å². The second-order valence-electron chi connectivity index (χ2n) is 6.39. The first-order valence-corrected chi connectivity index (χ1v) is 8.34. The zero-order valence-electron chi connectivity index (χ0n) is 14.8. The number of rotatable bonds is 6. The number of hydrogen-bond donors (Lipinski definition) is 1. The average Bonchev–Trinajstić information content (AvgIpc) is 2.63. The Hall–Kier alpha value is -3.02. The van der Waals surface area contributed by atoms with E-state index in [1.807, 2.05) is 18.2 Å². The lowest BCUT2D eigenvalue weighted by Gasteiger charge is -2.39. The molecule has 1 saturated heterocycles. The van der Waals surface area contributed by atoms with E-state index in [0.717, 1.165) is 23.5 Å². The molecule has 0 aromatic heterocycles. The molecule has 1 aliphatic heterocycles. The lowest BCUT2D eigenvalue weighted by molar-refractivity contribution is 0.0501. The minimum absolute atomic E-state index is 0.122. The molecule has 0 aliphatic carbocycles. The molecule has 1 heterocycles. The summed E-state index contributed by atoms with van der Waals surface area (Å²) in [5.74, 6) is 0.688. The summed E-state index contributed by atoms with van der Waals surface area (Å²) in [6.45, 7) is 1.30. The van der Waals surface area contributed by atoms with Gasteiger partial charge >= 0.3 is 5.97 Å². The Bertz CT molecular complexity index is 804. The molecule has 26 heavy (non-hydrogen) atoms. The monoisotopic (exact) mass is 355 g/mol. The van der Waals surface area contributed by atoms with Crippen molar-refractivity contribution in [1.29, 1.82) is 0 Å². The number of methoxy groups -OCH3 is 2. The van der Waals surface area contributed by atoms with Crippen LogP contribution in [0.3, 0.4) is 0 Å². The topological polar surface area (TPSA) is 76.1 Å². The van der Waals surface area contributed by atoms with E-state index in [1.165, 1.54) is 12.1 Å². The smallest absolute Gasteiger partial charge is 0.335 e. The zero-order chi connectivity index (χ0) is 18.7. The van der Waals surface area contributed by atoms with Gasteiger partial charge in [-0.2, -0.15) is 0 Å². The van der Waals surface area contributed by atoms with Crippen molar-refractivity contribution in [1.82, 2.24) is 4.90 Å². The van der Waals surface area contributed by atoms with E-state index in [-0.39, 0.29) is 11.5 Å². The molecule has 136 valence electrons. The summed E-state index contributed by atoms with van der Waals surface area (Å²) in [6.07, 6.45) is 0.826. The molecule has 0 radical (unpaired) electrons. The van der Waals surface area contributed by atoms with Crippen molar-refractivity contribution in [3.05, 3.63) is 59.2 Å². The highest BCUT2D eigenvalue weighted by molar-refractivity contribution is 5.97. The van der Waals surface area contributed by atoms with Crippen molar-refractivity contribution < 1.29 is 24.2 Å². The summed E-state index contributed by atoms with van der Waals surface area (Å²) in [7, 11) is 3.24. The van der Waals surface area contributed by atoms with Crippen LogP contribution in [-0.4, -0.2) is 49.2 Å². The third-order valence-electron chi connectivity index (χ3n) is 4.54. The number of carboxylic acid groups (broad SMARTS) is 1. The standard InChI is InChI=1S/C20H21NO5/c1-25-17-7-13(8-18(10-17)26-2)6-14-11-21(12-14)19(22)15-4-3-5-16(9-15)20(23)24/h3-5,7-10,14H,6,11-12H2,1-2H3,(H,23,24). The molecule has 6 heteroatoms. The molecule has 2 aromatic carbocycles. The van der Waals surface area contributed by atoms with Crippen molar-refractivity contribution >= 4 is 11.9 Å². The number of carbonyl (C=O) groups is 2. The maximum atomic E-state index is 12.5. The molecule has 0 bridgehead atoms. The number of likely N-dealkylation sites (tertiary alicyclic amines) is 1. The van der Waals surface area contributed by atoms with Crippen LogP contribution in [0.25, 0.3) is 0 Å². The van der Waals surface area contributed by atoms with Gasteiger partial charge in [0.25, 0.3) is 5.91 Å². The van der Waals surface area contributed by atoms with Crippen molar-refractivity contribution in [2.45, 2.75) is 6.42 Å². The first-order chi connectivity index (χ1) is 12.5. The Labute approximate surface area is 152 Å². The molecule has 6 nitrogen and oxygen atoms in total. The van der Waals surface area contributed by atoms with E-state index in [4.69, 9.17) is 14.6 Å². The number of aromatic carboxylic acids is 1. The van der Waals surface area contributed by atoms with Gasteiger partial charge in [0.15, 0.2) is 0 Å². The van der Waals surface area contributed by atoms with Gasteiger partial charge in [0, 0.05) is 24.7 Å². The van der Waals surface area contributed by atoms with E-state index < -0.39 is 5.97 Å². The molecule has 0 unspecified atom stereocenters. The number of hydrogen-bond acceptors (Lipinski definition) is 4. The Morgan fingerprint density at radius 3 is 2.23 bits per heavy atom. The number of carboxylic acids is 1. The molecule has 0 spiro atoms. The van der Waals surface area contributed by atoms with Crippen LogP contribution in [0.5, 0.6) is 11.5 Å². The first-order valence-electron chi connectivity index (χ1n) is 8.34. The lowest BCUT2D eigenvalue weighted by atomic mass is 9.91. The normalized spacial score (nSPS) is 13.8. The van der Waals surface area contributed by atoms with Gasteiger partial charge in [0.05, 0.1) is 19.8 Å². The van der Waals surface area contributed by atoms with E-state index in [2.05, 4.69) is 0 Å². The van der Waals surface area contributed by atoms with Crippen molar-refractivity contribution in [2.24, 2.45) is 5.92 Å². The molecule has 1 N–H and O–H groups in total. The SMILES string of the molecule is COc1cc(CC2CN(C(=O)c3cccc(C(=O)O)c3)C2)cc(OC)c1. The van der Waals surface area contributed by atoms with Gasteiger partial charge in [0.2, 0.25) is 0 Å². The minimum Gasteiger partial charge on any atom is -0.497 e. The molecule has 0 saturated carbocycles. The van der Waals surface area contributed by atoms with E-state index >= 15 is 0 Å². The van der Waals surface area contributed by atoms with Crippen LogP contribution < -0.4 is 9.47 Å². The van der Waals surface area contributed by atoms with Crippen LogP contribution >= 0.6 is 0 Å². The average molecular weight is 355 g/mol. The van der Waals surface area contributed by atoms with Gasteiger partial charge in [-0.05, 0) is 48.2 Å². The highest BCUT2D eigenvalue weighted by Crippen LogP contribution is 2.28. The number of carbonyl (C=O) groups excluding carboxylic acids is 1. The number of ether oxygens (including phenoxy) is 2. The van der Waals surface area contributed by atoms with Crippen LogP contribution in [0.1, 0.15) is 26.3 Å². The van der Waals surface area contributed by atoms with Crippen molar-refractivity contribution in [2.75, 3.05) is 27.3 Å². The molecular weight excluding hydrogens is 334 g/mol. The largest absolute Gasteiger partial charge is 0.497 e. The van der Waals surface area contributed by atoms with E-state index in [1.54, 1.807) is 31.3 Å². The molecule has 0 atom stereocenters. The first kappa shape index (κ1) is 17.8. The molecule has 3 rings (SSSR count). The van der Waals surface area contributed by atoms with Gasteiger partial charge < -0.3 is 19.5 Å². The quantitative estimate of drug-likeness (QED) is 0.862. The van der Waals surface area contributed by atoms with Gasteiger partial charge in [-0.3, -0.25) is 4.79 Å². The highest BCUT2D eigenvalue weighted by Gasteiger charge is 2.31. The molecule has 2 aromatic rings. The maximum Gasteiger partial charge on any atom is 0.335 e. The summed E-state index contributed by atoms with van der Waals surface area (Å²) < 4.78 is 10.6. The number of amides is 1. The number of nitrogens with zero attached hydrogens (tertiary/aromatic N) is 1. The fourth-order valence-corrected chi connectivity index (χ4v) is 3.15. The fourth-order valence-electron chi connectivity index (χ4n) is 3.15. The fraction of sp³-hybridized carbons (Fsp3) is 0.300. The summed E-state index contributed by atoms with van der Waals surface area (Å²) in [5.41, 5.74) is 1.63. The Morgan fingerprint density at radius 2 is 1.65 bits per heavy atom. The van der Waals surface area contributed by atoms with Crippen LogP contribution in [-0.2, 0) is 6.42 Å². The molecule has 1 amide bonds. The van der Waals surface area contributed by atoms with Gasteiger partial charge in [0.1, 0.15) is 11.5 Å². The summed E-state index contributed by atoms with van der Waals surface area (Å²) in [4.78, 5) is 25.3. The molecule has 1 aliphatic rings. The van der Waals surface area contributed by atoms with Gasteiger partial charge in [-0.15, -0.1) is 0 Å². The second kappa shape index (κ2) is 7.47. The zero-order valence-corrected chi connectivity index (χ0v) is 14.8.